The molecule has 0 amide bonds. The number of para-hydroxylation sites is 1. The Morgan fingerprint density at radius 2 is 1.68 bits per heavy atom. The third-order valence-corrected chi connectivity index (χ3v) is 4.23. The number of nitrogens with zero attached hydrogens (tertiary/aromatic N) is 1. The molecular weight excluding hydrogens is 272 g/mol. The van der Waals surface area contributed by atoms with Crippen LogP contribution in [0.15, 0.2) is 48.5 Å². The van der Waals surface area contributed by atoms with Gasteiger partial charge < -0.3 is 10.4 Å². The summed E-state index contributed by atoms with van der Waals surface area (Å²) in [6, 6.07) is 17.1. The van der Waals surface area contributed by atoms with Gasteiger partial charge >= 0.3 is 0 Å². The van der Waals surface area contributed by atoms with Crippen LogP contribution in [0.25, 0.3) is 11.1 Å². The molecule has 0 saturated carbocycles. The van der Waals surface area contributed by atoms with E-state index in [1.165, 1.54) is 0 Å². The molecule has 0 aromatic heterocycles. The normalized spacial score (nSPS) is 22.6. The van der Waals surface area contributed by atoms with E-state index in [2.05, 4.69) is 24.1 Å². The second-order valence-corrected chi connectivity index (χ2v) is 6.34. The van der Waals surface area contributed by atoms with E-state index < -0.39 is 0 Å². The van der Waals surface area contributed by atoms with Crippen LogP contribution in [-0.4, -0.2) is 35.2 Å². The molecule has 1 aliphatic heterocycles. The lowest BCUT2D eigenvalue weighted by atomic mass is 10.0. The number of benzene rings is 2. The number of hydrogen-bond acceptors (Lipinski definition) is 3. The van der Waals surface area contributed by atoms with E-state index in [-0.39, 0.29) is 0 Å². The summed E-state index contributed by atoms with van der Waals surface area (Å²) in [4.78, 5) is 2.41. The molecule has 0 radical (unpaired) electrons. The van der Waals surface area contributed by atoms with Crippen molar-refractivity contribution >= 4 is 0 Å². The predicted molar refractivity (Wildman–Crippen MR) is 90.9 cm³/mol. The molecule has 116 valence electrons. The first-order chi connectivity index (χ1) is 10.6. The number of aromatic hydroxyl groups is 1. The van der Waals surface area contributed by atoms with E-state index in [1.807, 2.05) is 48.5 Å². The predicted octanol–water partition coefficient (Wildman–Crippen LogP) is 3.24. The maximum absolute atomic E-state index is 10.7. The molecule has 0 aliphatic carbocycles. The van der Waals surface area contributed by atoms with Gasteiger partial charge in [0.15, 0.2) is 0 Å². The summed E-state index contributed by atoms with van der Waals surface area (Å²) < 4.78 is 0. The number of nitrogens with one attached hydrogen (secondary N) is 1. The molecule has 2 aromatic carbocycles. The van der Waals surface area contributed by atoms with Gasteiger partial charge in [0, 0.05) is 42.8 Å². The number of phenols is 1. The van der Waals surface area contributed by atoms with Crippen LogP contribution in [-0.2, 0) is 6.54 Å². The minimum atomic E-state index is 0.410. The molecule has 2 N–H and O–H groups in total. The molecule has 1 aliphatic rings. The van der Waals surface area contributed by atoms with Gasteiger partial charge in [-0.25, -0.2) is 0 Å². The van der Waals surface area contributed by atoms with Crippen molar-refractivity contribution in [1.82, 2.24) is 10.2 Å². The molecule has 0 spiro atoms. The molecule has 3 rings (SSSR count). The van der Waals surface area contributed by atoms with E-state index in [1.54, 1.807) is 0 Å². The Kier molecular flexibility index (Phi) is 4.46. The maximum Gasteiger partial charge on any atom is 0.127 e. The van der Waals surface area contributed by atoms with Crippen LogP contribution in [0, 0.1) is 0 Å². The van der Waals surface area contributed by atoms with Crippen LogP contribution in [0.4, 0.5) is 0 Å². The van der Waals surface area contributed by atoms with Gasteiger partial charge in [0.25, 0.3) is 0 Å². The van der Waals surface area contributed by atoms with Crippen LogP contribution in [0.2, 0.25) is 0 Å². The smallest absolute Gasteiger partial charge is 0.127 e. The Morgan fingerprint density at radius 3 is 2.36 bits per heavy atom. The highest BCUT2D eigenvalue weighted by molar-refractivity contribution is 5.71. The van der Waals surface area contributed by atoms with Crippen LogP contribution in [0.3, 0.4) is 0 Å². The topological polar surface area (TPSA) is 35.5 Å². The summed E-state index contributed by atoms with van der Waals surface area (Å²) in [6.07, 6.45) is 0. The summed E-state index contributed by atoms with van der Waals surface area (Å²) in [5, 5.41) is 14.2. The number of piperazine rings is 1. The fourth-order valence-electron chi connectivity index (χ4n) is 3.38. The molecule has 3 heteroatoms. The quantitative estimate of drug-likeness (QED) is 0.912. The minimum Gasteiger partial charge on any atom is -0.507 e. The first-order valence-electron chi connectivity index (χ1n) is 7.98. The second-order valence-electron chi connectivity index (χ2n) is 6.34. The van der Waals surface area contributed by atoms with Crippen molar-refractivity contribution < 1.29 is 5.11 Å². The van der Waals surface area contributed by atoms with Gasteiger partial charge in [-0.05, 0) is 19.4 Å². The molecule has 1 saturated heterocycles. The third kappa shape index (κ3) is 3.32. The number of phenolic OH excluding ortho intramolecular Hbond substituents is 1. The highest BCUT2D eigenvalue weighted by atomic mass is 16.3. The van der Waals surface area contributed by atoms with Gasteiger partial charge in [-0.1, -0.05) is 48.5 Å². The standard InChI is InChI=1S/C19H24N2O/c1-14-11-21(12-15(2)20-14)13-17-9-6-10-18(19(17)22)16-7-4-3-5-8-16/h3-10,14-15,20,22H,11-13H2,1-2H3/t14-,15+. The van der Waals surface area contributed by atoms with Crippen molar-refractivity contribution in [3.63, 3.8) is 0 Å². The number of hydrogen-bond donors (Lipinski definition) is 2. The van der Waals surface area contributed by atoms with Crippen LogP contribution in [0.5, 0.6) is 5.75 Å². The number of rotatable bonds is 3. The summed E-state index contributed by atoms with van der Waals surface area (Å²) in [7, 11) is 0. The molecule has 0 bridgehead atoms. The summed E-state index contributed by atoms with van der Waals surface area (Å²) >= 11 is 0. The van der Waals surface area contributed by atoms with E-state index in [0.717, 1.165) is 36.3 Å². The summed E-state index contributed by atoms with van der Waals surface area (Å²) in [5.74, 6) is 0.410. The highest BCUT2D eigenvalue weighted by Gasteiger charge is 2.22. The van der Waals surface area contributed by atoms with Gasteiger partial charge in [0.2, 0.25) is 0 Å². The average molecular weight is 296 g/mol. The molecule has 0 unspecified atom stereocenters. The van der Waals surface area contributed by atoms with Crippen molar-refractivity contribution in [2.24, 2.45) is 0 Å². The fraction of sp³-hybridized carbons (Fsp3) is 0.368. The van der Waals surface area contributed by atoms with Crippen LogP contribution >= 0.6 is 0 Å². The molecular formula is C19H24N2O. The van der Waals surface area contributed by atoms with Crippen molar-refractivity contribution in [2.75, 3.05) is 13.1 Å². The van der Waals surface area contributed by atoms with E-state index in [0.29, 0.717) is 17.8 Å². The Hall–Kier alpha value is -1.84. The van der Waals surface area contributed by atoms with Gasteiger partial charge in [-0.3, -0.25) is 4.90 Å². The zero-order chi connectivity index (χ0) is 15.5. The Morgan fingerprint density at radius 1 is 1.00 bits per heavy atom. The molecule has 1 fully saturated rings. The molecule has 2 atom stereocenters. The highest BCUT2D eigenvalue weighted by Crippen LogP contribution is 2.32. The molecule has 22 heavy (non-hydrogen) atoms. The van der Waals surface area contributed by atoms with Gasteiger partial charge in [0.1, 0.15) is 5.75 Å². The van der Waals surface area contributed by atoms with Crippen molar-refractivity contribution in [1.29, 1.82) is 0 Å². The zero-order valence-corrected chi connectivity index (χ0v) is 13.3. The SMILES string of the molecule is C[C@@H]1CN(Cc2cccc(-c3ccccc3)c2O)C[C@H](C)N1. The minimum absolute atomic E-state index is 0.410. The van der Waals surface area contributed by atoms with Gasteiger partial charge in [-0.15, -0.1) is 0 Å². The molecule has 3 nitrogen and oxygen atoms in total. The van der Waals surface area contributed by atoms with Gasteiger partial charge in [-0.2, -0.15) is 0 Å². The lowest BCUT2D eigenvalue weighted by Crippen LogP contribution is -2.53. The zero-order valence-electron chi connectivity index (χ0n) is 13.3. The average Bonchev–Trinajstić information content (AvgIpc) is 2.49. The largest absolute Gasteiger partial charge is 0.507 e. The summed E-state index contributed by atoms with van der Waals surface area (Å²) in [6.45, 7) is 7.24. The van der Waals surface area contributed by atoms with Crippen LogP contribution < -0.4 is 5.32 Å². The first kappa shape index (κ1) is 15.1. The summed E-state index contributed by atoms with van der Waals surface area (Å²) in [5.41, 5.74) is 2.97. The van der Waals surface area contributed by atoms with Gasteiger partial charge in [0.05, 0.1) is 0 Å². The Balaban J connectivity index is 1.83. The van der Waals surface area contributed by atoms with Crippen molar-refractivity contribution in [3.05, 3.63) is 54.1 Å². The van der Waals surface area contributed by atoms with Crippen molar-refractivity contribution in [3.8, 4) is 16.9 Å². The second kappa shape index (κ2) is 6.51. The van der Waals surface area contributed by atoms with E-state index in [4.69, 9.17) is 0 Å². The first-order valence-corrected chi connectivity index (χ1v) is 7.98. The van der Waals surface area contributed by atoms with Crippen molar-refractivity contribution in [2.45, 2.75) is 32.5 Å². The lowest BCUT2D eigenvalue weighted by molar-refractivity contribution is 0.165. The third-order valence-electron chi connectivity index (χ3n) is 4.23. The van der Waals surface area contributed by atoms with Crippen LogP contribution in [0.1, 0.15) is 19.4 Å². The van der Waals surface area contributed by atoms with E-state index >= 15 is 0 Å². The Labute approximate surface area is 132 Å². The Bertz CT molecular complexity index is 617. The molecule has 2 aromatic rings. The fourth-order valence-corrected chi connectivity index (χ4v) is 3.38. The lowest BCUT2D eigenvalue weighted by Gasteiger charge is -2.36. The molecule has 1 heterocycles. The van der Waals surface area contributed by atoms with E-state index in [9.17, 15) is 5.11 Å². The maximum atomic E-state index is 10.7. The monoisotopic (exact) mass is 296 g/mol.